The van der Waals surface area contributed by atoms with Crippen molar-refractivity contribution in [3.05, 3.63) is 28.2 Å². The highest BCUT2D eigenvalue weighted by molar-refractivity contribution is 9.10. The number of amides is 1. The SMILES string of the molecule is CCCC(=O)N[C@@]1(C)C[C@@H](c2cc(Br)ccc2O)O[C@H]2C[C@@H](C)CC[C@@H]21. The summed E-state index contributed by atoms with van der Waals surface area (Å²) in [5.41, 5.74) is 0.487. The number of hydrogen-bond acceptors (Lipinski definition) is 3. The fraction of sp³-hybridized carbons (Fsp3) is 0.667. The molecule has 0 bridgehead atoms. The summed E-state index contributed by atoms with van der Waals surface area (Å²) in [6.45, 7) is 6.46. The van der Waals surface area contributed by atoms with Gasteiger partial charge in [0.15, 0.2) is 0 Å². The summed E-state index contributed by atoms with van der Waals surface area (Å²) in [5.74, 6) is 1.32. The standard InChI is InChI=1S/C21H30BrNO3/c1-4-5-20(25)23-21(3)12-19(15-11-14(22)7-9-17(15)24)26-18-10-13(2)6-8-16(18)21/h7,9,11,13,16,18-19,24H,4-6,8,10,12H2,1-3H3,(H,23,25)/t13-,16-,18-,19-,21-/m0/s1. The van der Waals surface area contributed by atoms with Gasteiger partial charge in [0.05, 0.1) is 12.2 Å². The van der Waals surface area contributed by atoms with E-state index in [1.165, 1.54) is 6.42 Å². The van der Waals surface area contributed by atoms with Crippen LogP contribution in [0.5, 0.6) is 5.75 Å². The Hall–Kier alpha value is -1.07. The predicted molar refractivity (Wildman–Crippen MR) is 106 cm³/mol. The monoisotopic (exact) mass is 423 g/mol. The van der Waals surface area contributed by atoms with Crippen LogP contribution in [-0.2, 0) is 9.53 Å². The highest BCUT2D eigenvalue weighted by Crippen LogP contribution is 2.49. The van der Waals surface area contributed by atoms with E-state index in [0.717, 1.165) is 29.3 Å². The Morgan fingerprint density at radius 2 is 2.19 bits per heavy atom. The molecule has 1 aliphatic carbocycles. The van der Waals surface area contributed by atoms with Crippen molar-refractivity contribution in [2.24, 2.45) is 11.8 Å². The van der Waals surface area contributed by atoms with Crippen LogP contribution < -0.4 is 5.32 Å². The first-order valence-corrected chi connectivity index (χ1v) is 10.6. The van der Waals surface area contributed by atoms with E-state index in [1.807, 2.05) is 19.1 Å². The maximum atomic E-state index is 12.4. The molecule has 1 saturated carbocycles. The number of nitrogens with one attached hydrogen (secondary N) is 1. The van der Waals surface area contributed by atoms with Crippen molar-refractivity contribution < 1.29 is 14.6 Å². The van der Waals surface area contributed by atoms with Gasteiger partial charge >= 0.3 is 0 Å². The van der Waals surface area contributed by atoms with Crippen LogP contribution in [0.2, 0.25) is 0 Å². The van der Waals surface area contributed by atoms with Gasteiger partial charge in [-0.25, -0.2) is 0 Å². The summed E-state index contributed by atoms with van der Waals surface area (Å²) in [7, 11) is 0. The number of ether oxygens (including phenoxy) is 1. The van der Waals surface area contributed by atoms with Crippen LogP contribution in [0.4, 0.5) is 0 Å². The Morgan fingerprint density at radius 3 is 2.92 bits per heavy atom. The fourth-order valence-electron chi connectivity index (χ4n) is 4.72. The highest BCUT2D eigenvalue weighted by Gasteiger charge is 2.49. The van der Waals surface area contributed by atoms with Gasteiger partial charge in [0.2, 0.25) is 5.91 Å². The number of phenolic OH excluding ortho intramolecular Hbond substituents is 1. The number of benzene rings is 1. The van der Waals surface area contributed by atoms with Crippen molar-refractivity contribution in [1.82, 2.24) is 5.32 Å². The van der Waals surface area contributed by atoms with Gasteiger partial charge in [-0.3, -0.25) is 4.79 Å². The molecule has 1 amide bonds. The van der Waals surface area contributed by atoms with Crippen LogP contribution >= 0.6 is 15.9 Å². The Kier molecular flexibility index (Phi) is 5.97. The van der Waals surface area contributed by atoms with E-state index in [1.54, 1.807) is 6.07 Å². The molecule has 1 aromatic carbocycles. The van der Waals surface area contributed by atoms with E-state index in [9.17, 15) is 9.90 Å². The topological polar surface area (TPSA) is 58.6 Å². The second kappa shape index (κ2) is 7.89. The lowest BCUT2D eigenvalue weighted by molar-refractivity contribution is -0.154. The lowest BCUT2D eigenvalue weighted by Crippen LogP contribution is -2.60. The summed E-state index contributed by atoms with van der Waals surface area (Å²) in [5, 5.41) is 13.7. The van der Waals surface area contributed by atoms with Gasteiger partial charge in [0.1, 0.15) is 5.75 Å². The Labute approximate surface area is 164 Å². The quantitative estimate of drug-likeness (QED) is 0.708. The first-order chi connectivity index (χ1) is 12.3. The third-order valence-corrected chi connectivity index (χ3v) is 6.55. The summed E-state index contributed by atoms with van der Waals surface area (Å²) >= 11 is 3.49. The first kappa shape index (κ1) is 19.7. The minimum absolute atomic E-state index is 0.114. The van der Waals surface area contributed by atoms with Gasteiger partial charge in [-0.2, -0.15) is 0 Å². The number of hydrogen-bond donors (Lipinski definition) is 2. The molecule has 2 aliphatic rings. The van der Waals surface area contributed by atoms with Crippen molar-refractivity contribution in [3.8, 4) is 5.75 Å². The van der Waals surface area contributed by atoms with Crippen LogP contribution in [-0.4, -0.2) is 22.7 Å². The molecule has 0 spiro atoms. The van der Waals surface area contributed by atoms with Crippen LogP contribution in [0.15, 0.2) is 22.7 Å². The Bertz CT molecular complexity index is 665. The van der Waals surface area contributed by atoms with E-state index in [4.69, 9.17) is 4.74 Å². The molecule has 5 atom stereocenters. The Balaban J connectivity index is 1.91. The van der Waals surface area contributed by atoms with Crippen LogP contribution in [0.25, 0.3) is 0 Å². The molecule has 3 rings (SSSR count). The molecule has 0 unspecified atom stereocenters. The largest absolute Gasteiger partial charge is 0.508 e. The van der Waals surface area contributed by atoms with Crippen molar-refractivity contribution in [1.29, 1.82) is 0 Å². The number of rotatable bonds is 4. The second-order valence-electron chi connectivity index (χ2n) is 8.31. The number of aromatic hydroxyl groups is 1. The zero-order valence-corrected chi connectivity index (χ0v) is 17.5. The average molecular weight is 424 g/mol. The van der Waals surface area contributed by atoms with E-state index in [0.29, 0.717) is 24.7 Å². The minimum atomic E-state index is -0.311. The van der Waals surface area contributed by atoms with Crippen molar-refractivity contribution in [2.45, 2.75) is 77.0 Å². The summed E-state index contributed by atoms with van der Waals surface area (Å²) in [6.07, 6.45) is 5.24. The van der Waals surface area contributed by atoms with Gasteiger partial charge in [0.25, 0.3) is 0 Å². The van der Waals surface area contributed by atoms with E-state index < -0.39 is 0 Å². The van der Waals surface area contributed by atoms with Crippen LogP contribution in [0.3, 0.4) is 0 Å². The van der Waals surface area contributed by atoms with Gasteiger partial charge in [-0.05, 0) is 50.3 Å². The molecule has 144 valence electrons. The highest BCUT2D eigenvalue weighted by atomic mass is 79.9. The molecule has 5 heteroatoms. The maximum Gasteiger partial charge on any atom is 0.220 e. The van der Waals surface area contributed by atoms with Crippen LogP contribution in [0, 0.1) is 11.8 Å². The molecule has 1 saturated heterocycles. The average Bonchev–Trinajstić information content (AvgIpc) is 2.56. The molecular formula is C21H30BrNO3. The number of carbonyl (C=O) groups is 1. The zero-order chi connectivity index (χ0) is 18.9. The Morgan fingerprint density at radius 1 is 1.42 bits per heavy atom. The lowest BCUT2D eigenvalue weighted by atomic mass is 9.66. The molecule has 0 radical (unpaired) electrons. The fourth-order valence-corrected chi connectivity index (χ4v) is 5.10. The lowest BCUT2D eigenvalue weighted by Gasteiger charge is -2.52. The molecule has 1 aliphatic heterocycles. The number of carbonyl (C=O) groups excluding carboxylic acids is 1. The zero-order valence-electron chi connectivity index (χ0n) is 15.9. The van der Waals surface area contributed by atoms with Gasteiger partial charge < -0.3 is 15.2 Å². The molecule has 2 N–H and O–H groups in total. The minimum Gasteiger partial charge on any atom is -0.508 e. The smallest absolute Gasteiger partial charge is 0.220 e. The third kappa shape index (κ3) is 4.09. The first-order valence-electron chi connectivity index (χ1n) is 9.77. The number of halogens is 1. The van der Waals surface area contributed by atoms with E-state index >= 15 is 0 Å². The molecule has 2 fully saturated rings. The molecule has 4 nitrogen and oxygen atoms in total. The van der Waals surface area contributed by atoms with E-state index in [-0.39, 0.29) is 29.4 Å². The molecular weight excluding hydrogens is 394 g/mol. The molecule has 0 aromatic heterocycles. The third-order valence-electron chi connectivity index (χ3n) is 6.06. The summed E-state index contributed by atoms with van der Waals surface area (Å²) in [4.78, 5) is 12.4. The molecule has 1 aromatic rings. The normalized spacial score (nSPS) is 34.2. The van der Waals surface area contributed by atoms with Crippen molar-refractivity contribution in [3.63, 3.8) is 0 Å². The van der Waals surface area contributed by atoms with Gasteiger partial charge in [-0.15, -0.1) is 0 Å². The second-order valence-corrected chi connectivity index (χ2v) is 9.23. The molecule has 1 heterocycles. The van der Waals surface area contributed by atoms with Gasteiger partial charge in [-0.1, -0.05) is 36.2 Å². The number of phenols is 1. The van der Waals surface area contributed by atoms with Crippen molar-refractivity contribution in [2.75, 3.05) is 0 Å². The van der Waals surface area contributed by atoms with Crippen LogP contribution in [0.1, 0.15) is 71.0 Å². The van der Waals surface area contributed by atoms with Gasteiger partial charge in [0, 0.05) is 34.3 Å². The van der Waals surface area contributed by atoms with E-state index in [2.05, 4.69) is 35.1 Å². The number of fused-ring (bicyclic) bond motifs is 1. The summed E-state index contributed by atoms with van der Waals surface area (Å²) < 4.78 is 7.41. The van der Waals surface area contributed by atoms with Crippen molar-refractivity contribution >= 4 is 21.8 Å². The maximum absolute atomic E-state index is 12.4. The predicted octanol–water partition coefficient (Wildman–Crippen LogP) is 5.10. The summed E-state index contributed by atoms with van der Waals surface area (Å²) in [6, 6.07) is 5.46. The molecule has 26 heavy (non-hydrogen) atoms.